The fourth-order valence-electron chi connectivity index (χ4n) is 1.81. The molecule has 0 N–H and O–H groups in total. The van der Waals surface area contributed by atoms with Gasteiger partial charge >= 0.3 is 5.97 Å². The standard InChI is InChI=1S/C16H11BrCl2O3/c1-9(15(20)10-5-7-11(17)8-6-10)22-16(21)14-12(18)3-2-4-13(14)19/h2-9H,1H3/t9-/m0/s1. The van der Waals surface area contributed by atoms with Gasteiger partial charge in [-0.1, -0.05) is 57.3 Å². The average Bonchev–Trinajstić information content (AvgIpc) is 2.47. The van der Waals surface area contributed by atoms with Crippen molar-refractivity contribution in [2.45, 2.75) is 13.0 Å². The number of carbonyl (C=O) groups is 2. The molecule has 1 atom stereocenters. The van der Waals surface area contributed by atoms with E-state index in [1.165, 1.54) is 19.1 Å². The highest BCUT2D eigenvalue weighted by Crippen LogP contribution is 2.25. The summed E-state index contributed by atoms with van der Waals surface area (Å²) >= 11 is 15.2. The van der Waals surface area contributed by atoms with E-state index in [0.717, 1.165) is 4.47 Å². The summed E-state index contributed by atoms with van der Waals surface area (Å²) in [5.41, 5.74) is 0.509. The number of hydrogen-bond acceptors (Lipinski definition) is 3. The Morgan fingerprint density at radius 3 is 2.14 bits per heavy atom. The van der Waals surface area contributed by atoms with E-state index in [1.807, 2.05) is 0 Å². The molecule has 114 valence electrons. The van der Waals surface area contributed by atoms with Crippen LogP contribution in [0.5, 0.6) is 0 Å². The van der Waals surface area contributed by atoms with Crippen LogP contribution in [0.15, 0.2) is 46.9 Å². The van der Waals surface area contributed by atoms with Crippen molar-refractivity contribution in [2.75, 3.05) is 0 Å². The van der Waals surface area contributed by atoms with Crippen LogP contribution in [0.1, 0.15) is 27.6 Å². The highest BCUT2D eigenvalue weighted by molar-refractivity contribution is 9.10. The molecule has 0 unspecified atom stereocenters. The number of esters is 1. The number of rotatable bonds is 4. The van der Waals surface area contributed by atoms with Crippen LogP contribution in [0.2, 0.25) is 10.0 Å². The van der Waals surface area contributed by atoms with Gasteiger partial charge in [0.1, 0.15) is 0 Å². The number of ether oxygens (including phenoxy) is 1. The van der Waals surface area contributed by atoms with Crippen molar-refractivity contribution in [1.29, 1.82) is 0 Å². The summed E-state index contributed by atoms with van der Waals surface area (Å²) < 4.78 is 6.03. The van der Waals surface area contributed by atoms with E-state index in [9.17, 15) is 9.59 Å². The minimum absolute atomic E-state index is 0.0567. The lowest BCUT2D eigenvalue weighted by Gasteiger charge is -2.13. The van der Waals surface area contributed by atoms with Gasteiger partial charge in [0.25, 0.3) is 0 Å². The molecule has 6 heteroatoms. The van der Waals surface area contributed by atoms with E-state index in [4.69, 9.17) is 27.9 Å². The van der Waals surface area contributed by atoms with Crippen LogP contribution in [0, 0.1) is 0 Å². The average molecular weight is 402 g/mol. The molecule has 0 bridgehead atoms. The van der Waals surface area contributed by atoms with Crippen molar-refractivity contribution >= 4 is 50.9 Å². The molecular weight excluding hydrogens is 391 g/mol. The van der Waals surface area contributed by atoms with Gasteiger partial charge in [-0.05, 0) is 31.2 Å². The Bertz CT molecular complexity index is 694. The second kappa shape index (κ2) is 7.27. The lowest BCUT2D eigenvalue weighted by Crippen LogP contribution is -2.24. The molecule has 0 amide bonds. The smallest absolute Gasteiger partial charge is 0.341 e. The normalized spacial score (nSPS) is 11.8. The maximum atomic E-state index is 12.2. The summed E-state index contributed by atoms with van der Waals surface area (Å²) in [6.45, 7) is 1.51. The molecule has 0 saturated carbocycles. The van der Waals surface area contributed by atoms with E-state index in [-0.39, 0.29) is 21.4 Å². The Morgan fingerprint density at radius 2 is 1.59 bits per heavy atom. The quantitative estimate of drug-likeness (QED) is 0.523. The Labute approximate surface area is 146 Å². The van der Waals surface area contributed by atoms with Crippen molar-refractivity contribution in [3.8, 4) is 0 Å². The fourth-order valence-corrected chi connectivity index (χ4v) is 2.63. The van der Waals surface area contributed by atoms with Gasteiger partial charge in [-0.3, -0.25) is 4.79 Å². The lowest BCUT2D eigenvalue weighted by atomic mass is 10.1. The molecule has 0 aliphatic carbocycles. The van der Waals surface area contributed by atoms with Gasteiger partial charge in [0.2, 0.25) is 5.78 Å². The number of halogens is 3. The number of Topliss-reactive ketones (excluding diaryl/α,β-unsaturated/α-hetero) is 1. The molecule has 0 aliphatic rings. The Balaban J connectivity index is 2.14. The van der Waals surface area contributed by atoms with E-state index < -0.39 is 12.1 Å². The molecular formula is C16H11BrCl2O3. The molecule has 0 heterocycles. The topological polar surface area (TPSA) is 43.4 Å². The highest BCUT2D eigenvalue weighted by atomic mass is 79.9. The van der Waals surface area contributed by atoms with E-state index in [1.54, 1.807) is 30.3 Å². The third-order valence-corrected chi connectivity index (χ3v) is 4.11. The summed E-state index contributed by atoms with van der Waals surface area (Å²) in [5, 5.41) is 0.363. The van der Waals surface area contributed by atoms with E-state index in [2.05, 4.69) is 15.9 Å². The summed E-state index contributed by atoms with van der Waals surface area (Å²) in [4.78, 5) is 24.4. The predicted octanol–water partition coefficient (Wildman–Crippen LogP) is 5.18. The minimum atomic E-state index is -0.944. The van der Waals surface area contributed by atoms with Gasteiger partial charge in [0.15, 0.2) is 6.10 Å². The third kappa shape index (κ3) is 3.88. The maximum Gasteiger partial charge on any atom is 0.341 e. The molecule has 3 nitrogen and oxygen atoms in total. The van der Waals surface area contributed by atoms with Crippen LogP contribution in [0.3, 0.4) is 0 Å². The molecule has 2 aromatic carbocycles. The number of hydrogen-bond donors (Lipinski definition) is 0. The van der Waals surface area contributed by atoms with Gasteiger partial charge in [0, 0.05) is 10.0 Å². The summed E-state index contributed by atoms with van der Waals surface area (Å²) in [6, 6.07) is 11.5. The van der Waals surface area contributed by atoms with Crippen LogP contribution in [0.25, 0.3) is 0 Å². The number of carbonyl (C=O) groups excluding carboxylic acids is 2. The van der Waals surface area contributed by atoms with Crippen molar-refractivity contribution in [2.24, 2.45) is 0 Å². The van der Waals surface area contributed by atoms with Crippen LogP contribution in [0.4, 0.5) is 0 Å². The Kier molecular flexibility index (Phi) is 5.62. The molecule has 22 heavy (non-hydrogen) atoms. The van der Waals surface area contributed by atoms with Gasteiger partial charge < -0.3 is 4.74 Å². The second-order valence-electron chi connectivity index (χ2n) is 4.52. The fraction of sp³-hybridized carbons (Fsp3) is 0.125. The van der Waals surface area contributed by atoms with Gasteiger partial charge in [-0.2, -0.15) is 0 Å². The summed E-state index contributed by atoms with van der Waals surface area (Å²) in [5.74, 6) is -1.03. The summed E-state index contributed by atoms with van der Waals surface area (Å²) in [7, 11) is 0. The van der Waals surface area contributed by atoms with E-state index >= 15 is 0 Å². The van der Waals surface area contributed by atoms with E-state index in [0.29, 0.717) is 5.56 Å². The number of ketones is 1. The van der Waals surface area contributed by atoms with Crippen molar-refractivity contribution in [1.82, 2.24) is 0 Å². The maximum absolute atomic E-state index is 12.2. The lowest BCUT2D eigenvalue weighted by molar-refractivity contribution is 0.0319. The first-order valence-corrected chi connectivity index (χ1v) is 7.90. The largest absolute Gasteiger partial charge is 0.451 e. The first kappa shape index (κ1) is 17.0. The van der Waals surface area contributed by atoms with Gasteiger partial charge in [-0.15, -0.1) is 0 Å². The third-order valence-electron chi connectivity index (χ3n) is 2.95. The first-order chi connectivity index (χ1) is 10.4. The predicted molar refractivity (Wildman–Crippen MR) is 89.8 cm³/mol. The molecule has 0 spiro atoms. The van der Waals surface area contributed by atoms with Crippen LogP contribution < -0.4 is 0 Å². The Hall–Kier alpha value is -1.36. The van der Waals surface area contributed by atoms with Crippen LogP contribution in [-0.4, -0.2) is 17.9 Å². The van der Waals surface area contributed by atoms with Crippen LogP contribution in [-0.2, 0) is 4.74 Å². The summed E-state index contributed by atoms with van der Waals surface area (Å²) in [6.07, 6.45) is -0.944. The minimum Gasteiger partial charge on any atom is -0.451 e. The van der Waals surface area contributed by atoms with Crippen molar-refractivity contribution in [3.05, 3.63) is 68.1 Å². The molecule has 2 aromatic rings. The zero-order valence-corrected chi connectivity index (χ0v) is 14.6. The SMILES string of the molecule is C[C@H](OC(=O)c1c(Cl)cccc1Cl)C(=O)c1ccc(Br)cc1. The zero-order chi connectivity index (χ0) is 16.3. The molecule has 0 aromatic heterocycles. The van der Waals surface area contributed by atoms with Gasteiger partial charge in [0.05, 0.1) is 15.6 Å². The highest BCUT2D eigenvalue weighted by Gasteiger charge is 2.23. The van der Waals surface area contributed by atoms with Crippen molar-refractivity contribution in [3.63, 3.8) is 0 Å². The molecule has 0 radical (unpaired) electrons. The Morgan fingerprint density at radius 1 is 1.05 bits per heavy atom. The van der Waals surface area contributed by atoms with Crippen LogP contribution >= 0.6 is 39.1 Å². The number of benzene rings is 2. The molecule has 0 saturated heterocycles. The molecule has 0 fully saturated rings. The first-order valence-electron chi connectivity index (χ1n) is 6.35. The van der Waals surface area contributed by atoms with Crippen molar-refractivity contribution < 1.29 is 14.3 Å². The molecule has 0 aliphatic heterocycles. The zero-order valence-electron chi connectivity index (χ0n) is 11.5. The molecule has 2 rings (SSSR count). The second-order valence-corrected chi connectivity index (χ2v) is 6.25. The van der Waals surface area contributed by atoms with Gasteiger partial charge in [-0.25, -0.2) is 4.79 Å². The monoisotopic (exact) mass is 400 g/mol.